The second-order valence-electron chi connectivity index (χ2n) is 3.01. The molecule has 80 valence electrons. The van der Waals surface area contributed by atoms with Crippen molar-refractivity contribution < 1.29 is 4.79 Å². The van der Waals surface area contributed by atoms with Gasteiger partial charge in [-0.1, -0.05) is 11.3 Å². The summed E-state index contributed by atoms with van der Waals surface area (Å²) < 4.78 is 1.15. The minimum Gasteiger partial charge on any atom is -0.319 e. The Labute approximate surface area is 95.3 Å². The van der Waals surface area contributed by atoms with Gasteiger partial charge in [-0.3, -0.25) is 4.79 Å². The van der Waals surface area contributed by atoms with Crippen LogP contribution in [0.15, 0.2) is 11.4 Å². The average Bonchev–Trinajstić information content (AvgIpc) is 2.74. The van der Waals surface area contributed by atoms with Gasteiger partial charge in [0.25, 0.3) is 0 Å². The van der Waals surface area contributed by atoms with Crippen LogP contribution < -0.4 is 10.6 Å². The van der Waals surface area contributed by atoms with Crippen molar-refractivity contribution >= 4 is 43.2 Å². The Morgan fingerprint density at radius 1 is 1.60 bits per heavy atom. The van der Waals surface area contributed by atoms with Crippen LogP contribution in [0.25, 0.3) is 9.53 Å². The smallest absolute Gasteiger partial charge is 0.227 e. The third kappa shape index (κ3) is 2.53. The number of fused-ring (bicyclic) bond motifs is 1. The third-order valence-corrected chi connectivity index (χ3v) is 3.89. The maximum absolute atomic E-state index is 11.4. The summed E-state index contributed by atoms with van der Waals surface area (Å²) in [4.78, 5) is 15.7. The number of nitrogens with one attached hydrogen (secondary N) is 2. The molecule has 2 heterocycles. The second-order valence-corrected chi connectivity index (χ2v) is 5.19. The van der Waals surface area contributed by atoms with Gasteiger partial charge in [-0.25, -0.2) is 4.98 Å². The molecule has 0 radical (unpaired) electrons. The molecular weight excluding hydrogens is 230 g/mol. The highest BCUT2D eigenvalue weighted by atomic mass is 32.2. The minimum absolute atomic E-state index is 0.00533. The average molecular weight is 241 g/mol. The summed E-state index contributed by atoms with van der Waals surface area (Å²) in [6.07, 6.45) is 0.476. The Morgan fingerprint density at radius 3 is 3.20 bits per heavy atom. The molecule has 0 aliphatic carbocycles. The van der Waals surface area contributed by atoms with Crippen LogP contribution in [0.1, 0.15) is 6.42 Å². The topological polar surface area (TPSA) is 54.0 Å². The molecule has 0 unspecified atom stereocenters. The lowest BCUT2D eigenvalue weighted by Crippen LogP contribution is -2.18. The van der Waals surface area contributed by atoms with Crippen molar-refractivity contribution in [3.63, 3.8) is 0 Å². The van der Waals surface area contributed by atoms with Crippen LogP contribution >= 0.6 is 22.7 Å². The molecule has 2 rings (SSSR count). The van der Waals surface area contributed by atoms with Gasteiger partial charge < -0.3 is 10.6 Å². The molecule has 0 aromatic carbocycles. The SMILES string of the molecule is CNCCC(=O)Nc1nc2ccsc2s1. The Kier molecular flexibility index (Phi) is 3.30. The number of carbonyl (C=O) groups is 1. The van der Waals surface area contributed by atoms with Crippen molar-refractivity contribution in [2.24, 2.45) is 0 Å². The molecule has 0 spiro atoms. The minimum atomic E-state index is 0.00533. The Bertz CT molecular complexity index is 434. The molecule has 2 N–H and O–H groups in total. The van der Waals surface area contributed by atoms with Gasteiger partial charge in [0, 0.05) is 13.0 Å². The van der Waals surface area contributed by atoms with Crippen LogP contribution in [-0.2, 0) is 4.79 Å². The predicted octanol–water partition coefficient (Wildman–Crippen LogP) is 1.91. The first-order chi connectivity index (χ1) is 7.29. The van der Waals surface area contributed by atoms with Crippen LogP contribution in [-0.4, -0.2) is 24.5 Å². The molecule has 0 atom stereocenters. The van der Waals surface area contributed by atoms with Gasteiger partial charge in [0.2, 0.25) is 5.91 Å². The van der Waals surface area contributed by atoms with Crippen molar-refractivity contribution in [1.82, 2.24) is 10.3 Å². The van der Waals surface area contributed by atoms with E-state index in [0.717, 1.165) is 9.53 Å². The molecule has 0 aliphatic rings. The van der Waals surface area contributed by atoms with E-state index in [1.54, 1.807) is 11.3 Å². The van der Waals surface area contributed by atoms with Crippen LogP contribution in [0.4, 0.5) is 5.13 Å². The summed E-state index contributed by atoms with van der Waals surface area (Å²) in [6.45, 7) is 0.686. The van der Waals surface area contributed by atoms with Crippen LogP contribution in [0.2, 0.25) is 0 Å². The zero-order valence-corrected chi connectivity index (χ0v) is 9.87. The highest BCUT2D eigenvalue weighted by Crippen LogP contribution is 2.30. The van der Waals surface area contributed by atoms with Crippen molar-refractivity contribution in [3.8, 4) is 0 Å². The van der Waals surface area contributed by atoms with E-state index < -0.39 is 0 Å². The number of anilines is 1. The lowest BCUT2D eigenvalue weighted by Gasteiger charge is -1.99. The third-order valence-electron chi connectivity index (χ3n) is 1.87. The maximum Gasteiger partial charge on any atom is 0.227 e. The summed E-state index contributed by atoms with van der Waals surface area (Å²) in [6, 6.07) is 1.96. The zero-order valence-electron chi connectivity index (χ0n) is 8.24. The second kappa shape index (κ2) is 4.69. The molecule has 0 bridgehead atoms. The monoisotopic (exact) mass is 241 g/mol. The number of rotatable bonds is 4. The van der Waals surface area contributed by atoms with E-state index in [1.807, 2.05) is 18.5 Å². The fourth-order valence-corrected chi connectivity index (χ4v) is 3.00. The Hall–Kier alpha value is -0.980. The lowest BCUT2D eigenvalue weighted by atomic mass is 10.4. The van der Waals surface area contributed by atoms with E-state index in [9.17, 15) is 4.79 Å². The largest absolute Gasteiger partial charge is 0.319 e. The highest BCUT2D eigenvalue weighted by Gasteiger charge is 2.07. The van der Waals surface area contributed by atoms with E-state index in [0.29, 0.717) is 18.1 Å². The van der Waals surface area contributed by atoms with Gasteiger partial charge >= 0.3 is 0 Å². The number of hydrogen-bond donors (Lipinski definition) is 2. The van der Waals surface area contributed by atoms with E-state index in [4.69, 9.17) is 0 Å². The predicted molar refractivity (Wildman–Crippen MR) is 64.7 cm³/mol. The number of thiophene rings is 1. The van der Waals surface area contributed by atoms with Gasteiger partial charge in [0.05, 0.1) is 5.52 Å². The quantitative estimate of drug-likeness (QED) is 0.859. The molecule has 0 saturated heterocycles. The normalized spacial score (nSPS) is 10.7. The first-order valence-corrected chi connectivity index (χ1v) is 6.27. The van der Waals surface area contributed by atoms with Crippen LogP contribution in [0.5, 0.6) is 0 Å². The van der Waals surface area contributed by atoms with Gasteiger partial charge in [-0.2, -0.15) is 0 Å². The van der Waals surface area contributed by atoms with Crippen molar-refractivity contribution in [2.45, 2.75) is 6.42 Å². The van der Waals surface area contributed by atoms with Gasteiger partial charge in [0.15, 0.2) is 5.13 Å². The summed E-state index contributed by atoms with van der Waals surface area (Å²) in [5.41, 5.74) is 0.967. The molecule has 0 saturated carbocycles. The summed E-state index contributed by atoms with van der Waals surface area (Å²) >= 11 is 3.17. The Morgan fingerprint density at radius 2 is 2.47 bits per heavy atom. The maximum atomic E-state index is 11.4. The van der Waals surface area contributed by atoms with Crippen LogP contribution in [0, 0.1) is 0 Å². The number of nitrogens with zero attached hydrogens (tertiary/aromatic N) is 1. The molecule has 0 aliphatic heterocycles. The number of carbonyl (C=O) groups excluding carboxylic acids is 1. The fraction of sp³-hybridized carbons (Fsp3) is 0.333. The number of aromatic nitrogens is 1. The molecule has 15 heavy (non-hydrogen) atoms. The number of amides is 1. The van der Waals surface area contributed by atoms with E-state index >= 15 is 0 Å². The van der Waals surface area contributed by atoms with Crippen LogP contribution in [0.3, 0.4) is 0 Å². The summed E-state index contributed by atoms with van der Waals surface area (Å²) in [5, 5.41) is 8.41. The molecule has 1 amide bonds. The highest BCUT2D eigenvalue weighted by molar-refractivity contribution is 7.39. The molecular formula is C9H11N3OS2. The fourth-order valence-electron chi connectivity index (χ4n) is 1.14. The van der Waals surface area contributed by atoms with Gasteiger partial charge in [0.1, 0.15) is 4.01 Å². The molecule has 0 fully saturated rings. The first-order valence-electron chi connectivity index (χ1n) is 4.58. The molecule has 4 nitrogen and oxygen atoms in total. The molecule has 2 aromatic rings. The van der Waals surface area contributed by atoms with Crippen molar-refractivity contribution in [3.05, 3.63) is 11.4 Å². The zero-order chi connectivity index (χ0) is 10.7. The number of thiazole rings is 1. The van der Waals surface area contributed by atoms with E-state index in [2.05, 4.69) is 15.6 Å². The summed E-state index contributed by atoms with van der Waals surface area (Å²) in [7, 11) is 1.83. The lowest BCUT2D eigenvalue weighted by molar-refractivity contribution is -0.116. The Balaban J connectivity index is 2.00. The summed E-state index contributed by atoms with van der Waals surface area (Å²) in [5.74, 6) is 0.00533. The molecule has 6 heteroatoms. The van der Waals surface area contributed by atoms with Crippen molar-refractivity contribution in [2.75, 3.05) is 18.9 Å². The van der Waals surface area contributed by atoms with Gasteiger partial charge in [-0.15, -0.1) is 11.3 Å². The standard InChI is InChI=1S/C9H11N3OS2/c1-10-4-2-7(13)12-9-11-6-3-5-14-8(6)15-9/h3,5,10H,2,4H2,1H3,(H,11,12,13). The number of hydrogen-bond acceptors (Lipinski definition) is 5. The molecule has 2 aromatic heterocycles. The first kappa shape index (κ1) is 10.5. The van der Waals surface area contributed by atoms with Gasteiger partial charge in [-0.05, 0) is 18.5 Å². The van der Waals surface area contributed by atoms with Crippen molar-refractivity contribution in [1.29, 1.82) is 0 Å². The van der Waals surface area contributed by atoms with E-state index in [-0.39, 0.29) is 5.91 Å². The van der Waals surface area contributed by atoms with E-state index in [1.165, 1.54) is 11.3 Å².